The molecule has 2 aromatic carbocycles. The Morgan fingerprint density at radius 3 is 2.41 bits per heavy atom. The van der Waals surface area contributed by atoms with E-state index in [0.717, 1.165) is 12.8 Å². The van der Waals surface area contributed by atoms with E-state index in [1.54, 1.807) is 48.5 Å². The van der Waals surface area contributed by atoms with Crippen LogP contribution in [0.4, 0.5) is 5.69 Å². The highest BCUT2D eigenvalue weighted by Gasteiger charge is 2.27. The number of rotatable bonds is 6. The van der Waals surface area contributed by atoms with Crippen LogP contribution in [0.5, 0.6) is 5.75 Å². The summed E-state index contributed by atoms with van der Waals surface area (Å²) < 4.78 is 32.8. The van der Waals surface area contributed by atoms with Crippen molar-refractivity contribution >= 4 is 38.9 Å². The van der Waals surface area contributed by atoms with Gasteiger partial charge in [-0.15, -0.1) is 0 Å². The molecule has 1 saturated heterocycles. The molecule has 0 bridgehead atoms. The van der Waals surface area contributed by atoms with Crippen LogP contribution < -0.4 is 15.4 Å². The first kappa shape index (κ1) is 24.2. The SMILES string of the molecule is CC1CCN(S(=O)(=O)c2ccc(NC(=S)NC(=O)c3cccc(OC(C)C)c3)cc2)CC1. The molecule has 0 radical (unpaired) electrons. The van der Waals surface area contributed by atoms with Crippen molar-refractivity contribution in [2.45, 2.75) is 44.6 Å². The minimum atomic E-state index is -3.51. The number of thiocarbonyl (C=S) groups is 1. The van der Waals surface area contributed by atoms with Gasteiger partial charge in [0.05, 0.1) is 11.0 Å². The van der Waals surface area contributed by atoms with Gasteiger partial charge in [-0.3, -0.25) is 10.1 Å². The molecule has 1 fully saturated rings. The molecule has 0 unspecified atom stereocenters. The summed E-state index contributed by atoms with van der Waals surface area (Å²) in [4.78, 5) is 12.7. The number of anilines is 1. The monoisotopic (exact) mass is 475 g/mol. The molecule has 7 nitrogen and oxygen atoms in total. The highest BCUT2D eigenvalue weighted by Crippen LogP contribution is 2.24. The smallest absolute Gasteiger partial charge is 0.257 e. The van der Waals surface area contributed by atoms with Crippen LogP contribution in [0.15, 0.2) is 53.4 Å². The van der Waals surface area contributed by atoms with Crippen LogP contribution in [0.1, 0.15) is 44.0 Å². The normalized spacial score (nSPS) is 15.4. The van der Waals surface area contributed by atoms with Gasteiger partial charge in [0.25, 0.3) is 5.91 Å². The van der Waals surface area contributed by atoms with Crippen molar-refractivity contribution in [2.75, 3.05) is 18.4 Å². The topological polar surface area (TPSA) is 87.7 Å². The minimum Gasteiger partial charge on any atom is -0.491 e. The maximum Gasteiger partial charge on any atom is 0.257 e. The molecule has 0 atom stereocenters. The minimum absolute atomic E-state index is 0.00122. The molecule has 0 aliphatic carbocycles. The van der Waals surface area contributed by atoms with E-state index in [1.165, 1.54) is 4.31 Å². The van der Waals surface area contributed by atoms with E-state index < -0.39 is 10.0 Å². The van der Waals surface area contributed by atoms with Gasteiger partial charge in [0.1, 0.15) is 5.75 Å². The van der Waals surface area contributed by atoms with E-state index in [4.69, 9.17) is 17.0 Å². The zero-order valence-electron chi connectivity index (χ0n) is 18.5. The first-order chi connectivity index (χ1) is 15.1. The molecule has 3 rings (SSSR count). The van der Waals surface area contributed by atoms with Gasteiger partial charge in [-0.05, 0) is 87.3 Å². The first-order valence-corrected chi connectivity index (χ1v) is 12.5. The first-order valence-electron chi connectivity index (χ1n) is 10.6. The van der Waals surface area contributed by atoms with E-state index in [2.05, 4.69) is 17.6 Å². The molecular weight excluding hydrogens is 446 g/mol. The van der Waals surface area contributed by atoms with Crippen LogP contribution in [-0.2, 0) is 10.0 Å². The lowest BCUT2D eigenvalue weighted by atomic mass is 10.0. The number of carbonyl (C=O) groups is 1. The van der Waals surface area contributed by atoms with Crippen LogP contribution >= 0.6 is 12.2 Å². The Labute approximate surface area is 195 Å². The Bertz CT molecular complexity index is 1060. The quantitative estimate of drug-likeness (QED) is 0.614. The maximum absolute atomic E-state index is 12.8. The van der Waals surface area contributed by atoms with Crippen molar-refractivity contribution < 1.29 is 17.9 Å². The number of nitrogens with zero attached hydrogens (tertiary/aromatic N) is 1. The number of hydrogen-bond acceptors (Lipinski definition) is 5. The Morgan fingerprint density at radius 2 is 1.78 bits per heavy atom. The van der Waals surface area contributed by atoms with Gasteiger partial charge in [0, 0.05) is 24.3 Å². The van der Waals surface area contributed by atoms with Gasteiger partial charge < -0.3 is 10.1 Å². The number of piperidine rings is 1. The van der Waals surface area contributed by atoms with Crippen molar-refractivity contribution in [3.05, 3.63) is 54.1 Å². The molecule has 1 heterocycles. The maximum atomic E-state index is 12.8. The van der Waals surface area contributed by atoms with E-state index in [9.17, 15) is 13.2 Å². The number of ether oxygens (including phenoxy) is 1. The second-order valence-corrected chi connectivity index (χ2v) is 10.6. The van der Waals surface area contributed by atoms with Crippen LogP contribution in [0, 0.1) is 5.92 Å². The summed E-state index contributed by atoms with van der Waals surface area (Å²) in [6.07, 6.45) is 1.75. The lowest BCUT2D eigenvalue weighted by Crippen LogP contribution is -2.37. The molecule has 1 aliphatic heterocycles. The van der Waals surface area contributed by atoms with Gasteiger partial charge in [-0.1, -0.05) is 13.0 Å². The fourth-order valence-corrected chi connectivity index (χ4v) is 5.09. The molecule has 2 N–H and O–H groups in total. The third-order valence-electron chi connectivity index (χ3n) is 5.19. The van der Waals surface area contributed by atoms with Crippen molar-refractivity contribution in [1.29, 1.82) is 0 Å². The number of hydrogen-bond donors (Lipinski definition) is 2. The highest BCUT2D eigenvalue weighted by atomic mass is 32.2. The van der Waals surface area contributed by atoms with E-state index in [1.807, 2.05) is 13.8 Å². The summed E-state index contributed by atoms with van der Waals surface area (Å²) in [7, 11) is -3.51. The predicted octanol–water partition coefficient (Wildman–Crippen LogP) is 4.02. The lowest BCUT2D eigenvalue weighted by molar-refractivity contribution is 0.0977. The van der Waals surface area contributed by atoms with Crippen LogP contribution in [0.2, 0.25) is 0 Å². The van der Waals surface area contributed by atoms with Crippen molar-refractivity contribution in [3.63, 3.8) is 0 Å². The Kier molecular flexibility index (Phi) is 7.86. The molecule has 2 aromatic rings. The molecular formula is C23H29N3O4S2. The second-order valence-electron chi connectivity index (χ2n) is 8.21. The van der Waals surface area contributed by atoms with Crippen LogP contribution in [0.3, 0.4) is 0 Å². The average Bonchev–Trinajstić information content (AvgIpc) is 2.74. The van der Waals surface area contributed by atoms with Gasteiger partial charge >= 0.3 is 0 Å². The molecule has 172 valence electrons. The standard InChI is InChI=1S/C23H29N3O4S2/c1-16(2)30-20-6-4-5-18(15-20)22(27)25-23(31)24-19-7-9-21(10-8-19)32(28,29)26-13-11-17(3)12-14-26/h4-10,15-17H,11-14H2,1-3H3,(H2,24,25,27,31). The molecule has 1 aliphatic rings. The summed E-state index contributed by atoms with van der Waals surface area (Å²) in [6, 6.07) is 13.2. The van der Waals surface area contributed by atoms with Gasteiger partial charge in [-0.25, -0.2) is 8.42 Å². The van der Waals surface area contributed by atoms with Gasteiger partial charge in [0.2, 0.25) is 10.0 Å². The van der Waals surface area contributed by atoms with Gasteiger partial charge in [-0.2, -0.15) is 4.31 Å². The van der Waals surface area contributed by atoms with E-state index >= 15 is 0 Å². The second kappa shape index (κ2) is 10.4. The van der Waals surface area contributed by atoms with Crippen molar-refractivity contribution in [1.82, 2.24) is 9.62 Å². The predicted molar refractivity (Wildman–Crippen MR) is 129 cm³/mol. The number of benzene rings is 2. The summed E-state index contributed by atoms with van der Waals surface area (Å²) >= 11 is 5.23. The van der Waals surface area contributed by atoms with E-state index in [-0.39, 0.29) is 22.0 Å². The number of nitrogens with one attached hydrogen (secondary N) is 2. The zero-order valence-corrected chi connectivity index (χ0v) is 20.1. The molecule has 1 amide bonds. The number of carbonyl (C=O) groups excluding carboxylic acids is 1. The summed E-state index contributed by atoms with van der Waals surface area (Å²) in [5, 5.41) is 5.65. The Balaban J connectivity index is 1.59. The fourth-order valence-electron chi connectivity index (χ4n) is 3.41. The third-order valence-corrected chi connectivity index (χ3v) is 7.30. The molecule has 0 spiro atoms. The zero-order chi connectivity index (χ0) is 23.3. The molecule has 9 heteroatoms. The lowest BCUT2D eigenvalue weighted by Gasteiger charge is -2.29. The average molecular weight is 476 g/mol. The number of amides is 1. The molecule has 32 heavy (non-hydrogen) atoms. The van der Waals surface area contributed by atoms with Gasteiger partial charge in [0.15, 0.2) is 5.11 Å². The Morgan fingerprint density at radius 1 is 1.12 bits per heavy atom. The summed E-state index contributed by atoms with van der Waals surface area (Å²) in [6.45, 7) is 7.05. The summed E-state index contributed by atoms with van der Waals surface area (Å²) in [5.41, 5.74) is 1.00. The molecule has 0 aromatic heterocycles. The van der Waals surface area contributed by atoms with Crippen LogP contribution in [0.25, 0.3) is 0 Å². The van der Waals surface area contributed by atoms with Crippen molar-refractivity contribution in [3.8, 4) is 5.75 Å². The highest BCUT2D eigenvalue weighted by molar-refractivity contribution is 7.89. The largest absolute Gasteiger partial charge is 0.491 e. The van der Waals surface area contributed by atoms with Crippen LogP contribution in [-0.4, -0.2) is 42.9 Å². The fraction of sp³-hybridized carbons (Fsp3) is 0.391. The Hall–Kier alpha value is -2.49. The third kappa shape index (κ3) is 6.27. The summed E-state index contributed by atoms with van der Waals surface area (Å²) in [5.74, 6) is 0.788. The van der Waals surface area contributed by atoms with E-state index in [0.29, 0.717) is 36.0 Å². The molecule has 0 saturated carbocycles. The number of sulfonamides is 1. The van der Waals surface area contributed by atoms with Crippen molar-refractivity contribution in [2.24, 2.45) is 5.92 Å².